The smallest absolute Gasteiger partial charge is 0.282 e. The number of ether oxygens (including phenoxy) is 3. The number of amides is 1. The van der Waals surface area contributed by atoms with Crippen molar-refractivity contribution >= 4 is 17.8 Å². The van der Waals surface area contributed by atoms with Gasteiger partial charge < -0.3 is 14.2 Å². The van der Waals surface area contributed by atoms with E-state index in [9.17, 15) is 14.9 Å². The third-order valence-corrected chi connectivity index (χ3v) is 3.96. The summed E-state index contributed by atoms with van der Waals surface area (Å²) in [4.78, 5) is 22.4. The number of hydrogen-bond donors (Lipinski definition) is 1. The molecule has 0 unspecified atom stereocenters. The second kappa shape index (κ2) is 7.73. The topological polar surface area (TPSA) is 112 Å². The summed E-state index contributed by atoms with van der Waals surface area (Å²) in [6.45, 7) is 3.70. The van der Waals surface area contributed by atoms with E-state index in [-0.39, 0.29) is 24.7 Å². The maximum absolute atomic E-state index is 11.8. The minimum absolute atomic E-state index is 0.000354. The molecule has 0 spiro atoms. The van der Waals surface area contributed by atoms with Crippen LogP contribution < -0.4 is 19.6 Å². The van der Waals surface area contributed by atoms with E-state index in [0.29, 0.717) is 17.2 Å². The first-order chi connectivity index (χ1) is 12.9. The van der Waals surface area contributed by atoms with Crippen molar-refractivity contribution in [2.24, 2.45) is 5.10 Å². The Labute approximate surface area is 154 Å². The van der Waals surface area contributed by atoms with Crippen molar-refractivity contribution < 1.29 is 23.9 Å². The summed E-state index contributed by atoms with van der Waals surface area (Å²) in [5.41, 5.74) is 4.43. The first kappa shape index (κ1) is 18.2. The van der Waals surface area contributed by atoms with Gasteiger partial charge >= 0.3 is 0 Å². The van der Waals surface area contributed by atoms with E-state index in [1.54, 1.807) is 6.07 Å². The molecule has 1 N–H and O–H groups in total. The van der Waals surface area contributed by atoms with Crippen molar-refractivity contribution in [3.8, 4) is 17.2 Å². The number of carbonyl (C=O) groups is 1. The zero-order valence-corrected chi connectivity index (χ0v) is 14.7. The van der Waals surface area contributed by atoms with Gasteiger partial charge in [0, 0.05) is 0 Å². The number of nitrogens with one attached hydrogen (secondary N) is 1. The number of nitro groups is 1. The molecule has 0 atom stereocenters. The molecule has 0 saturated carbocycles. The van der Waals surface area contributed by atoms with Gasteiger partial charge in [-0.15, -0.1) is 0 Å². The molecule has 9 nitrogen and oxygen atoms in total. The summed E-state index contributed by atoms with van der Waals surface area (Å²) < 4.78 is 15.7. The van der Waals surface area contributed by atoms with Crippen LogP contribution in [0.3, 0.4) is 0 Å². The molecular formula is C18H17N3O6. The summed E-state index contributed by atoms with van der Waals surface area (Å²) in [5.74, 6) is 0.757. The van der Waals surface area contributed by atoms with Gasteiger partial charge in [-0.2, -0.15) is 5.10 Å². The summed E-state index contributed by atoms with van der Waals surface area (Å²) >= 11 is 0. The first-order valence-electron chi connectivity index (χ1n) is 8.04. The van der Waals surface area contributed by atoms with Crippen LogP contribution in [0.5, 0.6) is 17.2 Å². The van der Waals surface area contributed by atoms with Crippen LogP contribution in [0.4, 0.5) is 5.69 Å². The van der Waals surface area contributed by atoms with Crippen LogP contribution in [0.2, 0.25) is 0 Å². The van der Waals surface area contributed by atoms with Gasteiger partial charge in [0.25, 0.3) is 11.6 Å². The fraction of sp³-hybridized carbons (Fsp3) is 0.222. The maximum Gasteiger partial charge on any atom is 0.282 e. The van der Waals surface area contributed by atoms with E-state index < -0.39 is 10.8 Å². The number of nitro benzene ring substituents is 1. The highest BCUT2D eigenvalue weighted by atomic mass is 16.7. The minimum atomic E-state index is -0.562. The van der Waals surface area contributed by atoms with E-state index >= 15 is 0 Å². The molecular weight excluding hydrogens is 354 g/mol. The maximum atomic E-state index is 11.8. The first-order valence-corrected chi connectivity index (χ1v) is 8.04. The normalized spacial score (nSPS) is 12.2. The Bertz CT molecular complexity index is 926. The van der Waals surface area contributed by atoms with Crippen molar-refractivity contribution in [1.82, 2.24) is 5.43 Å². The van der Waals surface area contributed by atoms with E-state index in [2.05, 4.69) is 10.5 Å². The van der Waals surface area contributed by atoms with Gasteiger partial charge in [0.05, 0.1) is 22.8 Å². The van der Waals surface area contributed by atoms with Crippen LogP contribution >= 0.6 is 0 Å². The van der Waals surface area contributed by atoms with Crippen LogP contribution in [0.25, 0.3) is 0 Å². The highest BCUT2D eigenvalue weighted by Crippen LogP contribution is 2.37. The Hall–Kier alpha value is -3.62. The highest BCUT2D eigenvalue weighted by molar-refractivity contribution is 5.88. The van der Waals surface area contributed by atoms with Crippen LogP contribution in [0, 0.1) is 24.0 Å². The Morgan fingerprint density at radius 1 is 1.26 bits per heavy atom. The third kappa shape index (κ3) is 4.32. The summed E-state index contributed by atoms with van der Waals surface area (Å²) in [7, 11) is 0. The van der Waals surface area contributed by atoms with Crippen molar-refractivity contribution in [2.75, 3.05) is 13.4 Å². The molecule has 1 heterocycles. The van der Waals surface area contributed by atoms with Gasteiger partial charge in [-0.05, 0) is 43.2 Å². The van der Waals surface area contributed by atoms with Crippen molar-refractivity contribution in [3.63, 3.8) is 0 Å². The number of fused-ring (bicyclic) bond motifs is 1. The van der Waals surface area contributed by atoms with E-state index in [4.69, 9.17) is 14.2 Å². The predicted molar refractivity (Wildman–Crippen MR) is 96.4 cm³/mol. The second-order valence-corrected chi connectivity index (χ2v) is 5.85. The van der Waals surface area contributed by atoms with Gasteiger partial charge in [-0.25, -0.2) is 5.43 Å². The van der Waals surface area contributed by atoms with E-state index in [1.165, 1.54) is 18.3 Å². The molecule has 140 valence electrons. The molecule has 9 heteroatoms. The van der Waals surface area contributed by atoms with Crippen LogP contribution in [-0.2, 0) is 4.79 Å². The predicted octanol–water partition coefficient (Wildman–Crippen LogP) is 2.47. The van der Waals surface area contributed by atoms with Gasteiger partial charge in [0.1, 0.15) is 5.75 Å². The minimum Gasteiger partial charge on any atom is -0.484 e. The number of carbonyl (C=O) groups excluding carboxylic acids is 1. The lowest BCUT2D eigenvalue weighted by atomic mass is 10.1. The lowest BCUT2D eigenvalue weighted by Crippen LogP contribution is -2.24. The zero-order chi connectivity index (χ0) is 19.4. The Morgan fingerprint density at radius 2 is 2.00 bits per heavy atom. The zero-order valence-electron chi connectivity index (χ0n) is 14.7. The van der Waals surface area contributed by atoms with Crippen molar-refractivity contribution in [3.05, 3.63) is 57.1 Å². The molecule has 0 fully saturated rings. The standard InChI is InChI=1S/C18H17N3O6/c1-11-3-4-14(5-12(11)2)25-9-18(22)20-19-8-13-6-16-17(27-10-26-16)7-15(13)21(23)24/h3-8H,9-10H2,1-2H3,(H,20,22)/b19-8-. The number of hydrogen-bond acceptors (Lipinski definition) is 7. The Kier molecular flexibility index (Phi) is 5.20. The number of rotatable bonds is 6. The van der Waals surface area contributed by atoms with E-state index in [0.717, 1.165) is 11.1 Å². The molecule has 0 aromatic heterocycles. The third-order valence-electron chi connectivity index (χ3n) is 3.96. The molecule has 2 aromatic rings. The van der Waals surface area contributed by atoms with Crippen LogP contribution in [-0.4, -0.2) is 30.4 Å². The van der Waals surface area contributed by atoms with Crippen molar-refractivity contribution in [2.45, 2.75) is 13.8 Å². The molecule has 1 aliphatic heterocycles. The number of hydrazone groups is 1. The molecule has 0 aliphatic carbocycles. The molecule has 0 radical (unpaired) electrons. The van der Waals surface area contributed by atoms with Gasteiger partial charge in [0.2, 0.25) is 6.79 Å². The Morgan fingerprint density at radius 3 is 2.70 bits per heavy atom. The molecule has 1 amide bonds. The quantitative estimate of drug-likeness (QED) is 0.474. The fourth-order valence-electron chi connectivity index (χ4n) is 2.37. The number of benzene rings is 2. The fourth-order valence-corrected chi connectivity index (χ4v) is 2.37. The SMILES string of the molecule is Cc1ccc(OCC(=O)N/N=C\c2cc3c(cc2[N+](=O)[O-])OCO3)cc1C. The average Bonchev–Trinajstić information content (AvgIpc) is 3.09. The van der Waals surface area contributed by atoms with Crippen LogP contribution in [0.15, 0.2) is 35.4 Å². The molecule has 0 saturated heterocycles. The summed E-state index contributed by atoms with van der Waals surface area (Å²) in [5, 5.41) is 14.9. The summed E-state index contributed by atoms with van der Waals surface area (Å²) in [6.07, 6.45) is 1.17. The lowest BCUT2D eigenvalue weighted by Gasteiger charge is -2.07. The molecule has 27 heavy (non-hydrogen) atoms. The highest BCUT2D eigenvalue weighted by Gasteiger charge is 2.22. The average molecular weight is 371 g/mol. The molecule has 3 rings (SSSR count). The number of nitrogens with zero attached hydrogens (tertiary/aromatic N) is 2. The van der Waals surface area contributed by atoms with E-state index in [1.807, 2.05) is 26.0 Å². The second-order valence-electron chi connectivity index (χ2n) is 5.85. The van der Waals surface area contributed by atoms with Crippen LogP contribution in [0.1, 0.15) is 16.7 Å². The number of aryl methyl sites for hydroxylation is 2. The van der Waals surface area contributed by atoms with Gasteiger partial charge in [0.15, 0.2) is 18.1 Å². The van der Waals surface area contributed by atoms with Gasteiger partial charge in [-0.3, -0.25) is 14.9 Å². The lowest BCUT2D eigenvalue weighted by molar-refractivity contribution is -0.385. The summed E-state index contributed by atoms with van der Waals surface area (Å²) in [6, 6.07) is 8.20. The van der Waals surface area contributed by atoms with Crippen molar-refractivity contribution in [1.29, 1.82) is 0 Å². The molecule has 0 bridgehead atoms. The largest absolute Gasteiger partial charge is 0.484 e. The Balaban J connectivity index is 1.60. The van der Waals surface area contributed by atoms with Gasteiger partial charge in [-0.1, -0.05) is 6.07 Å². The molecule has 1 aliphatic rings. The molecule has 2 aromatic carbocycles. The monoisotopic (exact) mass is 371 g/mol.